The maximum Gasteiger partial charge on any atom is 0.187 e. The van der Waals surface area contributed by atoms with E-state index in [0.717, 1.165) is 5.69 Å². The van der Waals surface area contributed by atoms with E-state index >= 15 is 0 Å². The highest BCUT2D eigenvalue weighted by Gasteiger charge is 2.52. The summed E-state index contributed by atoms with van der Waals surface area (Å²) in [5.41, 5.74) is 0.773. The Morgan fingerprint density at radius 1 is 0.706 bits per heavy atom. The molecule has 4 fully saturated rings. The lowest BCUT2D eigenvalue weighted by atomic mass is 9.89. The lowest BCUT2D eigenvalue weighted by molar-refractivity contribution is -0.354. The van der Waals surface area contributed by atoms with E-state index in [0.29, 0.717) is 13.1 Å². The molecule has 0 radical (unpaired) electrons. The average molecular weight is 737 g/mol. The van der Waals surface area contributed by atoms with Crippen LogP contribution in [0.3, 0.4) is 0 Å². The molecule has 19 heteroatoms. The van der Waals surface area contributed by atoms with E-state index in [2.05, 4.69) is 4.98 Å². The van der Waals surface area contributed by atoms with Gasteiger partial charge in [-0.3, -0.25) is 9.88 Å². The topological polar surface area (TPSA) is 283 Å². The van der Waals surface area contributed by atoms with Gasteiger partial charge in [0.2, 0.25) is 0 Å². The largest absolute Gasteiger partial charge is 0.394 e. The molecular formula is C32H52N2O17. The van der Waals surface area contributed by atoms with Crippen LogP contribution in [-0.4, -0.2) is 205 Å². The van der Waals surface area contributed by atoms with Gasteiger partial charge in [0, 0.05) is 19.3 Å². The van der Waals surface area contributed by atoms with Gasteiger partial charge < -0.3 is 84.2 Å². The van der Waals surface area contributed by atoms with Crippen molar-refractivity contribution in [2.75, 3.05) is 39.5 Å². The predicted molar refractivity (Wildman–Crippen MR) is 168 cm³/mol. The van der Waals surface area contributed by atoms with E-state index in [4.69, 9.17) is 33.2 Å². The first kappa shape index (κ1) is 40.6. The van der Waals surface area contributed by atoms with Crippen LogP contribution in [0, 0.1) is 5.92 Å². The second kappa shape index (κ2) is 18.2. The smallest absolute Gasteiger partial charge is 0.187 e. The van der Waals surface area contributed by atoms with Gasteiger partial charge in [0.05, 0.1) is 50.9 Å². The molecule has 0 aromatic carbocycles. The Hall–Kier alpha value is -1.57. The summed E-state index contributed by atoms with van der Waals surface area (Å²) < 4.78 is 40.6. The lowest BCUT2D eigenvalue weighted by Crippen LogP contribution is -2.65. The maximum absolute atomic E-state index is 11.3. The van der Waals surface area contributed by atoms with Crippen LogP contribution in [0.25, 0.3) is 0 Å². The third kappa shape index (κ3) is 9.39. The SMILES string of the molecule is CC(C)C1OC(COC2OC(CO)C(O)C(OC3CN(Cc4ccccn4)CC(CO)O3)C2O)C(O)C(OC2OC(CO)C(O)C(O)C2O)C1O. The van der Waals surface area contributed by atoms with E-state index in [1.54, 1.807) is 26.1 Å². The third-order valence-corrected chi connectivity index (χ3v) is 9.60. The summed E-state index contributed by atoms with van der Waals surface area (Å²) >= 11 is 0. The molecule has 4 aliphatic heterocycles. The first-order chi connectivity index (χ1) is 24.4. The summed E-state index contributed by atoms with van der Waals surface area (Å²) in [5.74, 6) is -0.338. The maximum atomic E-state index is 11.3. The summed E-state index contributed by atoms with van der Waals surface area (Å²) in [6, 6.07) is 5.48. The van der Waals surface area contributed by atoms with Crippen LogP contribution in [0.1, 0.15) is 19.5 Å². The van der Waals surface area contributed by atoms with E-state index in [-0.39, 0.29) is 19.1 Å². The number of morpholine rings is 1. The molecule has 0 bridgehead atoms. The molecule has 292 valence electrons. The van der Waals surface area contributed by atoms with E-state index in [1.165, 1.54) is 0 Å². The Bertz CT molecular complexity index is 1190. The molecule has 0 spiro atoms. The predicted octanol–water partition coefficient (Wildman–Crippen LogP) is -5.23. The van der Waals surface area contributed by atoms with Crippen LogP contribution in [0.2, 0.25) is 0 Å². The Balaban J connectivity index is 1.26. The van der Waals surface area contributed by atoms with Gasteiger partial charge in [-0.25, -0.2) is 0 Å². The number of hydrogen-bond acceptors (Lipinski definition) is 19. The van der Waals surface area contributed by atoms with Crippen molar-refractivity contribution in [3.63, 3.8) is 0 Å². The molecule has 5 heterocycles. The Morgan fingerprint density at radius 3 is 2.02 bits per heavy atom. The first-order valence-electron chi connectivity index (χ1n) is 17.1. The third-order valence-electron chi connectivity index (χ3n) is 9.60. The minimum absolute atomic E-state index is 0.191. The zero-order valence-electron chi connectivity index (χ0n) is 28.4. The number of nitrogens with zero attached hydrogens (tertiary/aromatic N) is 2. The standard InChI is InChI=1S/C32H52N2O17/c1-14(2)28-26(43)29(51-32-25(42)24(41)21(38)17(11-36)49-32)23(40)19(47-28)13-45-31-27(44)30(22(39)18(12-37)48-31)50-20-9-34(8-16(10-35)46-20)7-15-5-3-4-6-33-15/h3-6,14,16-32,35-44H,7-13H2,1-2H3. The van der Waals surface area contributed by atoms with Crippen molar-refractivity contribution in [1.29, 1.82) is 0 Å². The molecule has 1 aromatic heterocycles. The monoisotopic (exact) mass is 736 g/mol. The molecule has 17 atom stereocenters. The molecule has 19 nitrogen and oxygen atoms in total. The fourth-order valence-corrected chi connectivity index (χ4v) is 6.76. The van der Waals surface area contributed by atoms with Crippen molar-refractivity contribution < 1.29 is 84.2 Å². The lowest BCUT2D eigenvalue weighted by Gasteiger charge is -2.48. The van der Waals surface area contributed by atoms with Crippen molar-refractivity contribution in [3.8, 4) is 0 Å². The molecule has 0 saturated carbocycles. The molecule has 0 aliphatic carbocycles. The highest BCUT2D eigenvalue weighted by atomic mass is 16.7. The second-order valence-corrected chi connectivity index (χ2v) is 13.7. The fourth-order valence-electron chi connectivity index (χ4n) is 6.76. The molecule has 51 heavy (non-hydrogen) atoms. The number of pyridine rings is 1. The number of rotatable bonds is 13. The molecule has 4 aliphatic rings. The van der Waals surface area contributed by atoms with Crippen molar-refractivity contribution in [2.24, 2.45) is 5.92 Å². The van der Waals surface area contributed by atoms with Gasteiger partial charge >= 0.3 is 0 Å². The van der Waals surface area contributed by atoms with Gasteiger partial charge in [-0.1, -0.05) is 19.9 Å². The number of ether oxygens (including phenoxy) is 7. The molecule has 10 N–H and O–H groups in total. The minimum atomic E-state index is -1.80. The van der Waals surface area contributed by atoms with Crippen LogP contribution < -0.4 is 0 Å². The van der Waals surface area contributed by atoms with Crippen molar-refractivity contribution in [3.05, 3.63) is 30.1 Å². The Morgan fingerprint density at radius 2 is 1.37 bits per heavy atom. The quantitative estimate of drug-likeness (QED) is 0.0906. The Kier molecular flexibility index (Phi) is 14.5. The van der Waals surface area contributed by atoms with Crippen LogP contribution in [0.15, 0.2) is 24.4 Å². The molecule has 17 unspecified atom stereocenters. The molecule has 4 saturated heterocycles. The highest BCUT2D eigenvalue weighted by molar-refractivity contribution is 5.04. The van der Waals surface area contributed by atoms with Gasteiger partial charge in [-0.05, 0) is 18.1 Å². The van der Waals surface area contributed by atoms with E-state index in [9.17, 15) is 51.1 Å². The van der Waals surface area contributed by atoms with E-state index < -0.39 is 124 Å². The van der Waals surface area contributed by atoms with Gasteiger partial charge in [0.25, 0.3) is 0 Å². The van der Waals surface area contributed by atoms with Crippen LogP contribution in [0.4, 0.5) is 0 Å². The number of aliphatic hydroxyl groups is 10. The molecule has 5 rings (SSSR count). The molecular weight excluding hydrogens is 684 g/mol. The van der Waals surface area contributed by atoms with Crippen LogP contribution >= 0.6 is 0 Å². The van der Waals surface area contributed by atoms with Crippen molar-refractivity contribution in [1.82, 2.24) is 9.88 Å². The van der Waals surface area contributed by atoms with Crippen LogP contribution in [0.5, 0.6) is 0 Å². The zero-order valence-corrected chi connectivity index (χ0v) is 28.4. The summed E-state index contributed by atoms with van der Waals surface area (Å²) in [6.07, 6.45) is -22.4. The minimum Gasteiger partial charge on any atom is -0.394 e. The van der Waals surface area contributed by atoms with E-state index in [1.807, 2.05) is 17.0 Å². The van der Waals surface area contributed by atoms with Gasteiger partial charge in [0.1, 0.15) is 73.2 Å². The summed E-state index contributed by atoms with van der Waals surface area (Å²) in [6.45, 7) is 2.27. The number of hydrogen-bond donors (Lipinski definition) is 10. The number of aliphatic hydroxyl groups excluding tert-OH is 10. The normalized spacial score (nSPS) is 44.1. The van der Waals surface area contributed by atoms with Gasteiger partial charge in [-0.2, -0.15) is 0 Å². The van der Waals surface area contributed by atoms with Crippen molar-refractivity contribution >= 4 is 0 Å². The second-order valence-electron chi connectivity index (χ2n) is 13.7. The average Bonchev–Trinajstić information content (AvgIpc) is 3.12. The van der Waals surface area contributed by atoms with Crippen LogP contribution in [-0.2, 0) is 39.7 Å². The Labute approximate surface area is 294 Å². The first-order valence-corrected chi connectivity index (χ1v) is 17.1. The summed E-state index contributed by atoms with van der Waals surface area (Å²) in [4.78, 5) is 6.27. The van der Waals surface area contributed by atoms with Gasteiger partial charge in [-0.15, -0.1) is 0 Å². The van der Waals surface area contributed by atoms with Gasteiger partial charge in [0.15, 0.2) is 18.9 Å². The highest BCUT2D eigenvalue weighted by Crippen LogP contribution is 2.33. The fraction of sp³-hybridized carbons (Fsp3) is 0.844. The molecule has 0 amide bonds. The summed E-state index contributed by atoms with van der Waals surface area (Å²) in [5, 5.41) is 105. The van der Waals surface area contributed by atoms with Crippen molar-refractivity contribution in [2.45, 2.75) is 125 Å². The number of aromatic nitrogens is 1. The zero-order chi connectivity index (χ0) is 37.0. The molecule has 1 aromatic rings. The summed E-state index contributed by atoms with van der Waals surface area (Å²) in [7, 11) is 0.